The first-order chi connectivity index (χ1) is 14.1. The molecule has 0 atom stereocenters. The molecule has 2 aromatic heterocycles. The first-order valence-corrected chi connectivity index (χ1v) is 10.9. The van der Waals surface area contributed by atoms with Crippen molar-refractivity contribution in [1.29, 1.82) is 0 Å². The van der Waals surface area contributed by atoms with Gasteiger partial charge in [0.25, 0.3) is 5.91 Å². The summed E-state index contributed by atoms with van der Waals surface area (Å²) in [6.07, 6.45) is 5.29. The van der Waals surface area contributed by atoms with Gasteiger partial charge in [0.05, 0.1) is 22.8 Å². The lowest BCUT2D eigenvalue weighted by Gasteiger charge is -2.26. The van der Waals surface area contributed by atoms with E-state index in [1.54, 1.807) is 24.3 Å². The van der Waals surface area contributed by atoms with Crippen LogP contribution in [0.25, 0.3) is 11.0 Å². The van der Waals surface area contributed by atoms with Crippen LogP contribution in [-0.2, 0) is 11.3 Å². The molecule has 1 aromatic carbocycles. The summed E-state index contributed by atoms with van der Waals surface area (Å²) >= 11 is 2.26. The van der Waals surface area contributed by atoms with Gasteiger partial charge < -0.3 is 15.0 Å². The van der Waals surface area contributed by atoms with Crippen molar-refractivity contribution in [3.8, 4) is 0 Å². The summed E-state index contributed by atoms with van der Waals surface area (Å²) in [5, 5.41) is 8.92. The van der Waals surface area contributed by atoms with Gasteiger partial charge in [0.2, 0.25) is 0 Å². The molecule has 29 heavy (non-hydrogen) atoms. The van der Waals surface area contributed by atoms with Gasteiger partial charge in [0.1, 0.15) is 0 Å². The molecule has 1 N–H and O–H groups in total. The molecule has 8 heteroatoms. The van der Waals surface area contributed by atoms with Crippen molar-refractivity contribution >= 4 is 50.9 Å². The zero-order valence-electron chi connectivity index (χ0n) is 16.6. The summed E-state index contributed by atoms with van der Waals surface area (Å²) in [5.41, 5.74) is 3.00. The van der Waals surface area contributed by atoms with Gasteiger partial charge in [0, 0.05) is 48.3 Å². The van der Waals surface area contributed by atoms with Crippen molar-refractivity contribution in [3.63, 3.8) is 0 Å². The Bertz CT molecular complexity index is 1010. The normalized spacial score (nSPS) is 14.9. The number of anilines is 2. The highest BCUT2D eigenvalue weighted by molar-refractivity contribution is 14.1. The predicted octanol–water partition coefficient (Wildman–Crippen LogP) is 3.92. The van der Waals surface area contributed by atoms with Crippen molar-refractivity contribution in [1.82, 2.24) is 14.8 Å². The molecule has 3 aromatic rings. The summed E-state index contributed by atoms with van der Waals surface area (Å²) in [4.78, 5) is 19.6. The average molecular weight is 505 g/mol. The molecule has 7 nitrogen and oxygen atoms in total. The fourth-order valence-corrected chi connectivity index (χ4v) is 3.94. The minimum atomic E-state index is -0.0978. The van der Waals surface area contributed by atoms with Gasteiger partial charge in [-0.3, -0.25) is 4.79 Å². The van der Waals surface area contributed by atoms with Crippen LogP contribution in [0.2, 0.25) is 0 Å². The number of carbonyl (C=O) groups excluding carboxylic acids is 1. The highest BCUT2D eigenvalue weighted by Gasteiger charge is 2.24. The van der Waals surface area contributed by atoms with Crippen LogP contribution in [0.5, 0.6) is 0 Å². The largest absolute Gasteiger partial charge is 0.381 e. The smallest absolute Gasteiger partial charge is 0.261 e. The number of nitrogens with one attached hydrogen (secondary N) is 1. The summed E-state index contributed by atoms with van der Waals surface area (Å²) < 4.78 is 8.46. The lowest BCUT2D eigenvalue weighted by Crippen LogP contribution is -2.31. The molecule has 0 bridgehead atoms. The molecule has 0 unspecified atom stereocenters. The maximum absolute atomic E-state index is 13.4. The third kappa shape index (κ3) is 4.09. The second kappa shape index (κ2) is 8.66. The number of halogens is 1. The van der Waals surface area contributed by atoms with Gasteiger partial charge in [-0.25, -0.2) is 9.67 Å². The number of ether oxygens (including phenoxy) is 1. The van der Waals surface area contributed by atoms with E-state index in [1.807, 2.05) is 35.9 Å². The van der Waals surface area contributed by atoms with Crippen LogP contribution >= 0.6 is 22.6 Å². The minimum Gasteiger partial charge on any atom is -0.381 e. The van der Waals surface area contributed by atoms with Crippen molar-refractivity contribution in [3.05, 3.63) is 45.8 Å². The number of rotatable bonds is 5. The molecule has 3 heterocycles. The molecule has 0 radical (unpaired) electrons. The molecule has 1 saturated heterocycles. The Morgan fingerprint density at radius 2 is 2.00 bits per heavy atom. The molecule has 4 rings (SSSR count). The number of hydrogen-bond acceptors (Lipinski definition) is 5. The van der Waals surface area contributed by atoms with Crippen molar-refractivity contribution in [2.24, 2.45) is 0 Å². The van der Waals surface area contributed by atoms with Crippen LogP contribution < -0.4 is 10.2 Å². The number of aromatic nitrogens is 3. The van der Waals surface area contributed by atoms with E-state index < -0.39 is 0 Å². The fourth-order valence-electron chi connectivity index (χ4n) is 3.58. The van der Waals surface area contributed by atoms with E-state index >= 15 is 0 Å². The van der Waals surface area contributed by atoms with Gasteiger partial charge in [0.15, 0.2) is 5.65 Å². The van der Waals surface area contributed by atoms with E-state index in [0.717, 1.165) is 58.6 Å². The summed E-state index contributed by atoms with van der Waals surface area (Å²) in [6.45, 7) is 4.21. The molecule has 1 amide bonds. The number of benzene rings is 1. The lowest BCUT2D eigenvalue weighted by molar-refractivity contribution is 0.0904. The highest BCUT2D eigenvalue weighted by Crippen LogP contribution is 2.30. The molecule has 1 aliphatic rings. The zero-order chi connectivity index (χ0) is 20.4. The SMILES string of the molecule is CCn1ncc2c(NC3CCOCC3)c(C(=O)N(C)c3ccc(I)cc3)cnc21. The Balaban J connectivity index is 1.74. The molecule has 0 aliphatic carbocycles. The number of aryl methyl sites for hydroxylation is 1. The van der Waals surface area contributed by atoms with E-state index in [2.05, 4.69) is 38.0 Å². The van der Waals surface area contributed by atoms with Crippen LogP contribution in [0, 0.1) is 3.57 Å². The Labute approximate surface area is 183 Å². The molecular formula is C21H24IN5O2. The summed E-state index contributed by atoms with van der Waals surface area (Å²) in [7, 11) is 1.79. The molecule has 152 valence electrons. The van der Waals surface area contributed by atoms with Crippen LogP contribution in [0.3, 0.4) is 0 Å². The van der Waals surface area contributed by atoms with Crippen LogP contribution in [0.1, 0.15) is 30.1 Å². The fraction of sp³-hybridized carbons (Fsp3) is 0.381. The van der Waals surface area contributed by atoms with E-state index in [9.17, 15) is 4.79 Å². The maximum atomic E-state index is 13.4. The third-order valence-electron chi connectivity index (χ3n) is 5.28. The molecule has 0 spiro atoms. The second-order valence-electron chi connectivity index (χ2n) is 7.12. The zero-order valence-corrected chi connectivity index (χ0v) is 18.7. The van der Waals surface area contributed by atoms with Crippen molar-refractivity contribution in [2.75, 3.05) is 30.5 Å². The minimum absolute atomic E-state index is 0.0978. The Kier molecular flexibility index (Phi) is 6.00. The second-order valence-corrected chi connectivity index (χ2v) is 8.36. The quantitative estimate of drug-likeness (QED) is 0.533. The number of pyridine rings is 1. The standard InChI is InChI=1S/C21H24IN5O2/c1-3-27-20-17(13-24-27)19(25-15-8-10-29-11-9-15)18(12-23-20)21(28)26(2)16-6-4-14(22)5-7-16/h4-7,12-13,15H,3,8-11H2,1-2H3,(H,23,25). The summed E-state index contributed by atoms with van der Waals surface area (Å²) in [6, 6.07) is 8.15. The van der Waals surface area contributed by atoms with Crippen molar-refractivity contribution in [2.45, 2.75) is 32.4 Å². The average Bonchev–Trinajstić information content (AvgIpc) is 3.18. The molecule has 1 aliphatic heterocycles. The van der Waals surface area contributed by atoms with Gasteiger partial charge in [-0.15, -0.1) is 0 Å². The first-order valence-electron chi connectivity index (χ1n) is 9.81. The Morgan fingerprint density at radius 3 is 2.69 bits per heavy atom. The molecule has 0 saturated carbocycles. The highest BCUT2D eigenvalue weighted by atomic mass is 127. The monoisotopic (exact) mass is 505 g/mol. The number of carbonyl (C=O) groups is 1. The molecular weight excluding hydrogens is 481 g/mol. The van der Waals surface area contributed by atoms with E-state index in [4.69, 9.17) is 4.74 Å². The number of amides is 1. The summed E-state index contributed by atoms with van der Waals surface area (Å²) in [5.74, 6) is -0.0978. The van der Waals surface area contributed by atoms with Gasteiger partial charge >= 0.3 is 0 Å². The lowest BCUT2D eigenvalue weighted by atomic mass is 10.1. The number of nitrogens with zero attached hydrogens (tertiary/aromatic N) is 4. The van der Waals surface area contributed by atoms with E-state index in [0.29, 0.717) is 5.56 Å². The topological polar surface area (TPSA) is 72.3 Å². The van der Waals surface area contributed by atoms with Gasteiger partial charge in [-0.1, -0.05) is 0 Å². The van der Waals surface area contributed by atoms with E-state index in [-0.39, 0.29) is 11.9 Å². The third-order valence-corrected chi connectivity index (χ3v) is 6.00. The van der Waals surface area contributed by atoms with Crippen LogP contribution in [0.15, 0.2) is 36.7 Å². The maximum Gasteiger partial charge on any atom is 0.261 e. The number of fused-ring (bicyclic) bond motifs is 1. The Morgan fingerprint density at radius 1 is 1.28 bits per heavy atom. The van der Waals surface area contributed by atoms with Crippen LogP contribution in [-0.4, -0.2) is 47.0 Å². The van der Waals surface area contributed by atoms with Crippen LogP contribution in [0.4, 0.5) is 11.4 Å². The Hall–Kier alpha value is -2.20. The number of hydrogen-bond donors (Lipinski definition) is 1. The van der Waals surface area contributed by atoms with Crippen molar-refractivity contribution < 1.29 is 9.53 Å². The van der Waals surface area contributed by atoms with Gasteiger partial charge in [-0.05, 0) is 66.6 Å². The molecule has 1 fully saturated rings. The predicted molar refractivity (Wildman–Crippen MR) is 123 cm³/mol. The van der Waals surface area contributed by atoms with E-state index in [1.165, 1.54) is 0 Å². The van der Waals surface area contributed by atoms with Gasteiger partial charge in [-0.2, -0.15) is 5.10 Å². The first kappa shape index (κ1) is 20.1.